The van der Waals surface area contributed by atoms with E-state index in [9.17, 15) is 10.1 Å². The number of hydrogen-bond donors (Lipinski definition) is 0. The van der Waals surface area contributed by atoms with Gasteiger partial charge in [-0.3, -0.25) is 10.1 Å². The number of nitro groups is 1. The van der Waals surface area contributed by atoms with E-state index in [2.05, 4.69) is 21.0 Å². The molecule has 0 aliphatic rings. The predicted molar refractivity (Wildman–Crippen MR) is 67.7 cm³/mol. The van der Waals surface area contributed by atoms with Crippen molar-refractivity contribution >= 4 is 33.2 Å². The molecule has 88 valence electrons. The Balaban J connectivity index is 2.57. The Morgan fingerprint density at radius 1 is 1.41 bits per heavy atom. The lowest BCUT2D eigenvalue weighted by Crippen LogP contribution is -1.96. The molecule has 0 saturated carbocycles. The van der Waals surface area contributed by atoms with Crippen molar-refractivity contribution in [1.82, 2.24) is 9.78 Å². The Labute approximate surface area is 110 Å². The number of halogens is 2. The zero-order chi connectivity index (χ0) is 12.6. The van der Waals surface area contributed by atoms with Crippen molar-refractivity contribution in [2.45, 2.75) is 6.92 Å². The van der Waals surface area contributed by atoms with Gasteiger partial charge in [-0.2, -0.15) is 5.10 Å². The van der Waals surface area contributed by atoms with E-state index in [0.29, 0.717) is 11.4 Å². The van der Waals surface area contributed by atoms with Crippen LogP contribution in [0, 0.1) is 17.0 Å². The Morgan fingerprint density at radius 3 is 2.47 bits per heavy atom. The molecule has 7 heteroatoms. The molecule has 0 unspecified atom stereocenters. The van der Waals surface area contributed by atoms with E-state index in [1.807, 2.05) is 12.1 Å². The molecule has 0 saturated heterocycles. The van der Waals surface area contributed by atoms with Crippen LogP contribution in [0.15, 0.2) is 28.7 Å². The van der Waals surface area contributed by atoms with Gasteiger partial charge in [-0.05, 0) is 31.2 Å². The topological polar surface area (TPSA) is 61.0 Å². The summed E-state index contributed by atoms with van der Waals surface area (Å²) >= 11 is 9.25. The summed E-state index contributed by atoms with van der Waals surface area (Å²) in [6, 6.07) is 7.17. The van der Waals surface area contributed by atoms with Gasteiger partial charge in [-0.1, -0.05) is 27.5 Å². The number of benzene rings is 1. The fourth-order valence-electron chi connectivity index (χ4n) is 1.45. The van der Waals surface area contributed by atoms with Crippen LogP contribution >= 0.6 is 27.5 Å². The van der Waals surface area contributed by atoms with Crippen molar-refractivity contribution in [3.63, 3.8) is 0 Å². The third kappa shape index (κ3) is 2.18. The van der Waals surface area contributed by atoms with Crippen LogP contribution in [0.25, 0.3) is 5.69 Å². The van der Waals surface area contributed by atoms with E-state index < -0.39 is 4.92 Å². The van der Waals surface area contributed by atoms with E-state index in [0.717, 1.165) is 4.47 Å². The lowest BCUT2D eigenvalue weighted by Gasteiger charge is -2.01. The summed E-state index contributed by atoms with van der Waals surface area (Å²) in [7, 11) is 0. The van der Waals surface area contributed by atoms with Gasteiger partial charge in [0.05, 0.1) is 10.6 Å². The second kappa shape index (κ2) is 4.46. The Bertz CT molecular complexity index is 580. The van der Waals surface area contributed by atoms with Crippen LogP contribution in [0.1, 0.15) is 5.69 Å². The summed E-state index contributed by atoms with van der Waals surface area (Å²) in [4.78, 5) is 10.3. The van der Waals surface area contributed by atoms with E-state index >= 15 is 0 Å². The minimum atomic E-state index is -0.528. The number of aryl methyl sites for hydroxylation is 1. The first-order valence-corrected chi connectivity index (χ1v) is 5.83. The van der Waals surface area contributed by atoms with Gasteiger partial charge in [-0.25, -0.2) is 4.68 Å². The number of nitrogens with zero attached hydrogens (tertiary/aromatic N) is 3. The van der Waals surface area contributed by atoms with Gasteiger partial charge in [0, 0.05) is 4.47 Å². The average molecular weight is 317 g/mol. The van der Waals surface area contributed by atoms with E-state index in [-0.39, 0.29) is 10.8 Å². The zero-order valence-corrected chi connectivity index (χ0v) is 11.1. The van der Waals surface area contributed by atoms with E-state index in [4.69, 9.17) is 11.6 Å². The van der Waals surface area contributed by atoms with Crippen molar-refractivity contribution in [2.24, 2.45) is 0 Å². The van der Waals surface area contributed by atoms with Crippen LogP contribution in [-0.2, 0) is 0 Å². The van der Waals surface area contributed by atoms with Crippen LogP contribution in [-0.4, -0.2) is 14.7 Å². The highest BCUT2D eigenvalue weighted by atomic mass is 79.9. The Morgan fingerprint density at radius 2 is 2.00 bits per heavy atom. The minimum absolute atomic E-state index is 0.00909. The van der Waals surface area contributed by atoms with Gasteiger partial charge in [-0.15, -0.1) is 0 Å². The molecule has 0 aliphatic heterocycles. The molecule has 17 heavy (non-hydrogen) atoms. The van der Waals surface area contributed by atoms with Crippen molar-refractivity contribution in [1.29, 1.82) is 0 Å². The summed E-state index contributed by atoms with van der Waals surface area (Å²) in [6.45, 7) is 1.55. The first-order chi connectivity index (χ1) is 8.00. The second-order valence-corrected chi connectivity index (χ2v) is 4.64. The highest BCUT2D eigenvalue weighted by Crippen LogP contribution is 2.30. The molecule has 0 amide bonds. The quantitative estimate of drug-likeness (QED) is 0.629. The van der Waals surface area contributed by atoms with Gasteiger partial charge in [0.2, 0.25) is 5.15 Å². The lowest BCUT2D eigenvalue weighted by molar-refractivity contribution is -0.385. The number of rotatable bonds is 2. The molecular weight excluding hydrogens is 309 g/mol. The molecule has 1 heterocycles. The molecule has 5 nitrogen and oxygen atoms in total. The third-order valence-electron chi connectivity index (χ3n) is 2.23. The molecule has 0 N–H and O–H groups in total. The normalized spacial score (nSPS) is 10.5. The Kier molecular flexibility index (Phi) is 3.17. The highest BCUT2D eigenvalue weighted by molar-refractivity contribution is 9.10. The molecular formula is C10H7BrClN3O2. The molecule has 1 aromatic heterocycles. The van der Waals surface area contributed by atoms with Crippen LogP contribution in [0.2, 0.25) is 5.15 Å². The van der Waals surface area contributed by atoms with Gasteiger partial charge in [0.25, 0.3) is 0 Å². The monoisotopic (exact) mass is 315 g/mol. The first kappa shape index (κ1) is 12.1. The van der Waals surface area contributed by atoms with Crippen LogP contribution in [0.5, 0.6) is 0 Å². The summed E-state index contributed by atoms with van der Waals surface area (Å²) in [5.41, 5.74) is 0.812. The molecule has 2 rings (SSSR count). The number of aromatic nitrogens is 2. The summed E-state index contributed by atoms with van der Waals surface area (Å²) in [5.74, 6) is 0. The van der Waals surface area contributed by atoms with E-state index in [1.165, 1.54) is 4.68 Å². The lowest BCUT2D eigenvalue weighted by atomic mass is 10.3. The molecule has 0 atom stereocenters. The first-order valence-electron chi connectivity index (χ1n) is 4.66. The fraction of sp³-hybridized carbons (Fsp3) is 0.100. The standard InChI is InChI=1S/C10H7BrClN3O2/c1-6-9(15(16)17)10(12)14(13-6)8-4-2-7(11)3-5-8/h2-5H,1H3. The SMILES string of the molecule is Cc1nn(-c2ccc(Br)cc2)c(Cl)c1[N+](=O)[O-]. The smallest absolute Gasteiger partial charge is 0.258 e. The second-order valence-electron chi connectivity index (χ2n) is 3.37. The summed E-state index contributed by atoms with van der Waals surface area (Å²) < 4.78 is 2.26. The Hall–Kier alpha value is -1.40. The largest absolute Gasteiger partial charge is 0.329 e. The average Bonchev–Trinajstić information content (AvgIpc) is 2.55. The van der Waals surface area contributed by atoms with Gasteiger partial charge >= 0.3 is 5.69 Å². The van der Waals surface area contributed by atoms with Crippen molar-refractivity contribution in [2.75, 3.05) is 0 Å². The van der Waals surface area contributed by atoms with Crippen LogP contribution in [0.4, 0.5) is 5.69 Å². The van der Waals surface area contributed by atoms with Gasteiger partial charge in [0.15, 0.2) is 0 Å². The van der Waals surface area contributed by atoms with Crippen molar-refractivity contribution in [3.05, 3.63) is 49.7 Å². The summed E-state index contributed by atoms with van der Waals surface area (Å²) in [6.07, 6.45) is 0. The fourth-order valence-corrected chi connectivity index (χ4v) is 2.06. The van der Waals surface area contributed by atoms with Crippen LogP contribution < -0.4 is 0 Å². The molecule has 0 fully saturated rings. The van der Waals surface area contributed by atoms with Gasteiger partial charge < -0.3 is 0 Å². The number of hydrogen-bond acceptors (Lipinski definition) is 3. The maximum Gasteiger partial charge on any atom is 0.329 e. The van der Waals surface area contributed by atoms with Crippen molar-refractivity contribution < 1.29 is 4.92 Å². The van der Waals surface area contributed by atoms with Crippen LogP contribution in [0.3, 0.4) is 0 Å². The molecule has 0 bridgehead atoms. The predicted octanol–water partition coefficient (Wildman–Crippen LogP) is 3.50. The molecule has 0 radical (unpaired) electrons. The van der Waals surface area contributed by atoms with Gasteiger partial charge in [0.1, 0.15) is 5.69 Å². The third-order valence-corrected chi connectivity index (χ3v) is 3.10. The molecule has 2 aromatic rings. The zero-order valence-electron chi connectivity index (χ0n) is 8.72. The molecule has 1 aromatic carbocycles. The van der Waals surface area contributed by atoms with E-state index in [1.54, 1.807) is 19.1 Å². The molecule has 0 aliphatic carbocycles. The van der Waals surface area contributed by atoms with Crippen molar-refractivity contribution in [3.8, 4) is 5.69 Å². The summed E-state index contributed by atoms with van der Waals surface area (Å²) in [5, 5.41) is 14.9. The molecule has 0 spiro atoms. The maximum atomic E-state index is 10.8. The highest BCUT2D eigenvalue weighted by Gasteiger charge is 2.24. The minimum Gasteiger partial charge on any atom is -0.258 e. The maximum absolute atomic E-state index is 10.8.